The fourth-order valence-electron chi connectivity index (χ4n) is 2.62. The quantitative estimate of drug-likeness (QED) is 0.751. The molecule has 2 rings (SSSR count). The summed E-state index contributed by atoms with van der Waals surface area (Å²) in [6.45, 7) is 4.24. The lowest BCUT2D eigenvalue weighted by atomic mass is 9.95. The highest BCUT2D eigenvalue weighted by Crippen LogP contribution is 2.21. The number of hydrogen-bond acceptors (Lipinski definition) is 1. The first kappa shape index (κ1) is 16.3. The van der Waals surface area contributed by atoms with Gasteiger partial charge in [0.25, 0.3) is 0 Å². The van der Waals surface area contributed by atoms with Crippen molar-refractivity contribution in [3.05, 3.63) is 65.7 Å². The minimum Gasteiger partial charge on any atom is -0.326 e. The SMILES string of the molecule is CCCCc1ccc(NC(=O)[C@H](CC)c2ccccc2)cc1. The maximum absolute atomic E-state index is 12.5. The zero-order chi connectivity index (χ0) is 15.8. The first-order valence-corrected chi connectivity index (χ1v) is 8.19. The molecule has 0 saturated carbocycles. The Morgan fingerprint density at radius 3 is 2.27 bits per heavy atom. The molecular formula is C20H25NO. The Hall–Kier alpha value is -2.09. The summed E-state index contributed by atoms with van der Waals surface area (Å²) in [5, 5.41) is 3.04. The van der Waals surface area contributed by atoms with Crippen LogP contribution in [0.4, 0.5) is 5.69 Å². The van der Waals surface area contributed by atoms with Crippen LogP contribution in [0, 0.1) is 0 Å². The molecule has 22 heavy (non-hydrogen) atoms. The second kappa shape index (κ2) is 8.38. The third-order valence-corrected chi connectivity index (χ3v) is 3.97. The first-order valence-electron chi connectivity index (χ1n) is 8.19. The molecule has 1 atom stereocenters. The number of unbranched alkanes of at least 4 members (excludes halogenated alkanes) is 1. The van der Waals surface area contributed by atoms with Crippen LogP contribution in [0.5, 0.6) is 0 Å². The molecule has 0 aliphatic rings. The molecule has 1 amide bonds. The van der Waals surface area contributed by atoms with E-state index in [1.54, 1.807) is 0 Å². The van der Waals surface area contributed by atoms with E-state index >= 15 is 0 Å². The van der Waals surface area contributed by atoms with Crippen molar-refractivity contribution in [2.24, 2.45) is 0 Å². The van der Waals surface area contributed by atoms with Gasteiger partial charge in [0, 0.05) is 5.69 Å². The van der Waals surface area contributed by atoms with E-state index in [1.807, 2.05) is 49.4 Å². The second-order valence-electron chi connectivity index (χ2n) is 5.66. The van der Waals surface area contributed by atoms with Crippen LogP contribution in [0.2, 0.25) is 0 Å². The van der Waals surface area contributed by atoms with Gasteiger partial charge in [0.2, 0.25) is 5.91 Å². The minimum absolute atomic E-state index is 0.0648. The Labute approximate surface area is 133 Å². The zero-order valence-electron chi connectivity index (χ0n) is 13.5. The van der Waals surface area contributed by atoms with Crippen LogP contribution in [0.3, 0.4) is 0 Å². The molecular weight excluding hydrogens is 270 g/mol. The van der Waals surface area contributed by atoms with Crippen LogP contribution < -0.4 is 5.32 Å². The molecule has 0 radical (unpaired) electrons. The minimum atomic E-state index is -0.0963. The number of aryl methyl sites for hydroxylation is 1. The summed E-state index contributed by atoms with van der Waals surface area (Å²) in [6, 6.07) is 18.2. The average molecular weight is 295 g/mol. The highest BCUT2D eigenvalue weighted by molar-refractivity contribution is 5.95. The van der Waals surface area contributed by atoms with Crippen molar-refractivity contribution >= 4 is 11.6 Å². The Kier molecular flexibility index (Phi) is 6.20. The second-order valence-corrected chi connectivity index (χ2v) is 5.66. The lowest BCUT2D eigenvalue weighted by Gasteiger charge is -2.15. The number of rotatable bonds is 7. The van der Waals surface area contributed by atoms with Gasteiger partial charge in [0.15, 0.2) is 0 Å². The summed E-state index contributed by atoms with van der Waals surface area (Å²) in [6.07, 6.45) is 4.31. The van der Waals surface area contributed by atoms with Gasteiger partial charge in [0.1, 0.15) is 0 Å². The predicted octanol–water partition coefficient (Wildman–Crippen LogP) is 5.16. The van der Waals surface area contributed by atoms with Crippen molar-refractivity contribution in [2.75, 3.05) is 5.32 Å². The van der Waals surface area contributed by atoms with E-state index in [0.717, 1.165) is 24.1 Å². The van der Waals surface area contributed by atoms with Crippen molar-refractivity contribution in [3.63, 3.8) is 0 Å². The van der Waals surface area contributed by atoms with Gasteiger partial charge in [-0.2, -0.15) is 0 Å². The molecule has 0 unspecified atom stereocenters. The lowest BCUT2D eigenvalue weighted by Crippen LogP contribution is -2.20. The normalized spacial score (nSPS) is 11.9. The number of nitrogens with one attached hydrogen (secondary N) is 1. The molecule has 0 spiro atoms. The number of carbonyl (C=O) groups excluding carboxylic acids is 1. The van der Waals surface area contributed by atoms with Gasteiger partial charge in [-0.1, -0.05) is 62.7 Å². The maximum atomic E-state index is 12.5. The summed E-state index contributed by atoms with van der Waals surface area (Å²) < 4.78 is 0. The standard InChI is InChI=1S/C20H25NO/c1-3-5-9-16-12-14-18(15-13-16)21-20(22)19(4-2)17-10-7-6-8-11-17/h6-8,10-15,19H,3-5,9H2,1-2H3,(H,21,22)/t19-/m1/s1. The molecule has 0 bridgehead atoms. The van der Waals surface area contributed by atoms with Crippen molar-refractivity contribution in [2.45, 2.75) is 45.4 Å². The van der Waals surface area contributed by atoms with Crippen molar-refractivity contribution < 1.29 is 4.79 Å². The van der Waals surface area contributed by atoms with E-state index in [-0.39, 0.29) is 11.8 Å². The first-order chi connectivity index (χ1) is 10.7. The number of amides is 1. The molecule has 0 fully saturated rings. The number of anilines is 1. The van der Waals surface area contributed by atoms with Gasteiger partial charge in [-0.25, -0.2) is 0 Å². The Bertz CT molecular complexity index is 574. The molecule has 0 aliphatic heterocycles. The van der Waals surface area contributed by atoms with Crippen LogP contribution in [0.1, 0.15) is 50.2 Å². The molecule has 0 saturated heterocycles. The molecule has 2 nitrogen and oxygen atoms in total. The predicted molar refractivity (Wildman–Crippen MR) is 93.2 cm³/mol. The molecule has 2 aromatic rings. The topological polar surface area (TPSA) is 29.1 Å². The average Bonchev–Trinajstić information content (AvgIpc) is 2.56. The Morgan fingerprint density at radius 2 is 1.68 bits per heavy atom. The largest absolute Gasteiger partial charge is 0.326 e. The maximum Gasteiger partial charge on any atom is 0.231 e. The molecule has 1 N–H and O–H groups in total. The van der Waals surface area contributed by atoms with Crippen LogP contribution in [-0.4, -0.2) is 5.91 Å². The van der Waals surface area contributed by atoms with Crippen LogP contribution in [0.15, 0.2) is 54.6 Å². The van der Waals surface area contributed by atoms with Gasteiger partial charge < -0.3 is 5.32 Å². The smallest absolute Gasteiger partial charge is 0.231 e. The third-order valence-electron chi connectivity index (χ3n) is 3.97. The molecule has 2 heteroatoms. The van der Waals surface area contributed by atoms with Crippen LogP contribution in [0.25, 0.3) is 0 Å². The van der Waals surface area contributed by atoms with Crippen molar-refractivity contribution in [1.82, 2.24) is 0 Å². The summed E-state index contributed by atoms with van der Waals surface area (Å²) in [5.41, 5.74) is 3.27. The van der Waals surface area contributed by atoms with E-state index in [1.165, 1.54) is 18.4 Å². The van der Waals surface area contributed by atoms with E-state index in [9.17, 15) is 4.79 Å². The van der Waals surface area contributed by atoms with Crippen molar-refractivity contribution in [3.8, 4) is 0 Å². The molecule has 116 valence electrons. The van der Waals surface area contributed by atoms with E-state index in [2.05, 4.69) is 24.4 Å². The zero-order valence-corrected chi connectivity index (χ0v) is 13.5. The van der Waals surface area contributed by atoms with Crippen molar-refractivity contribution in [1.29, 1.82) is 0 Å². The third kappa shape index (κ3) is 4.45. The van der Waals surface area contributed by atoms with Crippen LogP contribution >= 0.6 is 0 Å². The van der Waals surface area contributed by atoms with Gasteiger partial charge in [0.05, 0.1) is 5.92 Å². The Morgan fingerprint density at radius 1 is 1.00 bits per heavy atom. The summed E-state index contributed by atoms with van der Waals surface area (Å²) in [7, 11) is 0. The Balaban J connectivity index is 2.01. The highest BCUT2D eigenvalue weighted by Gasteiger charge is 2.18. The monoisotopic (exact) mass is 295 g/mol. The van der Waals surface area contributed by atoms with Gasteiger partial charge in [-0.15, -0.1) is 0 Å². The molecule has 0 aliphatic carbocycles. The number of carbonyl (C=O) groups is 1. The summed E-state index contributed by atoms with van der Waals surface area (Å²) in [4.78, 5) is 12.5. The molecule has 0 aromatic heterocycles. The summed E-state index contributed by atoms with van der Waals surface area (Å²) in [5.74, 6) is -0.0315. The highest BCUT2D eigenvalue weighted by atomic mass is 16.1. The molecule has 0 heterocycles. The van der Waals surface area contributed by atoms with Crippen LogP contribution in [-0.2, 0) is 11.2 Å². The summed E-state index contributed by atoms with van der Waals surface area (Å²) >= 11 is 0. The van der Waals surface area contributed by atoms with E-state index in [4.69, 9.17) is 0 Å². The van der Waals surface area contributed by atoms with E-state index in [0.29, 0.717) is 0 Å². The fourth-order valence-corrected chi connectivity index (χ4v) is 2.62. The number of benzene rings is 2. The van der Waals surface area contributed by atoms with E-state index < -0.39 is 0 Å². The van der Waals surface area contributed by atoms with Gasteiger partial charge in [-0.05, 0) is 42.5 Å². The molecule has 2 aromatic carbocycles. The van der Waals surface area contributed by atoms with Gasteiger partial charge in [-0.3, -0.25) is 4.79 Å². The number of hydrogen-bond donors (Lipinski definition) is 1. The lowest BCUT2D eigenvalue weighted by molar-refractivity contribution is -0.117. The van der Waals surface area contributed by atoms with Gasteiger partial charge >= 0.3 is 0 Å². The fraction of sp³-hybridized carbons (Fsp3) is 0.350.